The van der Waals surface area contributed by atoms with E-state index in [4.69, 9.17) is 0 Å². The van der Waals surface area contributed by atoms with Crippen LogP contribution in [0.2, 0.25) is 0 Å². The summed E-state index contributed by atoms with van der Waals surface area (Å²) in [6, 6.07) is 13.3. The molecular weight excluding hydrogens is 380 g/mol. The molecule has 148 valence electrons. The van der Waals surface area contributed by atoms with Crippen LogP contribution in [0.1, 0.15) is 13.8 Å². The number of thiophene rings is 1. The number of anilines is 1. The van der Waals surface area contributed by atoms with Gasteiger partial charge in [0.1, 0.15) is 17.8 Å². The van der Waals surface area contributed by atoms with Gasteiger partial charge in [-0.25, -0.2) is 9.97 Å². The number of hydrogen-bond donors (Lipinski definition) is 1. The highest BCUT2D eigenvalue weighted by atomic mass is 32.1. The molecule has 1 N–H and O–H groups in total. The van der Waals surface area contributed by atoms with Crippen molar-refractivity contribution < 1.29 is 0 Å². The van der Waals surface area contributed by atoms with Gasteiger partial charge >= 0.3 is 0 Å². The zero-order valence-electron chi connectivity index (χ0n) is 16.7. The van der Waals surface area contributed by atoms with Gasteiger partial charge in [0.25, 0.3) is 0 Å². The normalized spacial score (nSPS) is 15.5. The minimum absolute atomic E-state index is 0.589. The van der Waals surface area contributed by atoms with Crippen LogP contribution in [-0.2, 0) is 0 Å². The lowest BCUT2D eigenvalue weighted by Gasteiger charge is -2.37. The molecule has 1 aliphatic heterocycles. The molecule has 7 heteroatoms. The van der Waals surface area contributed by atoms with Gasteiger partial charge in [-0.15, -0.1) is 11.3 Å². The Morgan fingerprint density at radius 2 is 1.90 bits per heavy atom. The second-order valence-electron chi connectivity index (χ2n) is 7.69. The molecule has 29 heavy (non-hydrogen) atoms. The molecule has 1 aliphatic rings. The van der Waals surface area contributed by atoms with Crippen LogP contribution >= 0.6 is 11.3 Å². The van der Waals surface area contributed by atoms with Gasteiger partial charge in [-0.1, -0.05) is 12.1 Å². The highest BCUT2D eigenvalue weighted by Gasteiger charge is 2.21. The summed E-state index contributed by atoms with van der Waals surface area (Å²) in [6.07, 6.45) is 1.66. The fourth-order valence-corrected chi connectivity index (χ4v) is 4.65. The van der Waals surface area contributed by atoms with Crippen LogP contribution in [0.3, 0.4) is 0 Å². The Bertz CT molecular complexity index is 1110. The highest BCUT2D eigenvalue weighted by Crippen LogP contribution is 2.32. The predicted octanol–water partition coefficient (Wildman–Crippen LogP) is 4.28. The van der Waals surface area contributed by atoms with Gasteiger partial charge in [-0.05, 0) is 43.0 Å². The van der Waals surface area contributed by atoms with Gasteiger partial charge in [0, 0.05) is 48.6 Å². The number of benzene rings is 1. The number of aromatic nitrogens is 4. The van der Waals surface area contributed by atoms with Crippen LogP contribution in [0, 0.1) is 0 Å². The molecular formula is C22H24N6S. The third kappa shape index (κ3) is 3.52. The van der Waals surface area contributed by atoms with Crippen molar-refractivity contribution in [1.29, 1.82) is 0 Å². The van der Waals surface area contributed by atoms with Crippen LogP contribution in [0.15, 0.2) is 48.1 Å². The van der Waals surface area contributed by atoms with Gasteiger partial charge in [0.15, 0.2) is 0 Å². The minimum Gasteiger partial charge on any atom is -0.354 e. The van der Waals surface area contributed by atoms with E-state index in [2.05, 4.69) is 85.6 Å². The number of H-pyrrole nitrogens is 1. The molecule has 0 atom stereocenters. The number of hydrogen-bond acceptors (Lipinski definition) is 6. The third-order valence-corrected chi connectivity index (χ3v) is 6.55. The zero-order valence-corrected chi connectivity index (χ0v) is 17.5. The van der Waals surface area contributed by atoms with E-state index in [9.17, 15) is 0 Å². The Morgan fingerprint density at radius 3 is 2.66 bits per heavy atom. The Labute approximate surface area is 174 Å². The molecule has 3 aromatic heterocycles. The number of rotatable bonds is 4. The lowest BCUT2D eigenvalue weighted by molar-refractivity contribution is 0.209. The fourth-order valence-electron chi connectivity index (χ4n) is 3.92. The monoisotopic (exact) mass is 404 g/mol. The number of nitrogens with one attached hydrogen (secondary N) is 1. The van der Waals surface area contributed by atoms with Gasteiger partial charge < -0.3 is 4.90 Å². The Morgan fingerprint density at radius 1 is 1.03 bits per heavy atom. The van der Waals surface area contributed by atoms with Crippen molar-refractivity contribution in [2.75, 3.05) is 31.1 Å². The lowest BCUT2D eigenvalue weighted by atomic mass is 10.1. The fraction of sp³-hybridized carbons (Fsp3) is 0.318. The molecule has 0 radical (unpaired) electrons. The lowest BCUT2D eigenvalue weighted by Crippen LogP contribution is -2.49. The molecule has 0 amide bonds. The number of fused-ring (bicyclic) bond motifs is 1. The Kier molecular flexibility index (Phi) is 4.77. The van der Waals surface area contributed by atoms with Gasteiger partial charge in [0.05, 0.1) is 11.2 Å². The van der Waals surface area contributed by atoms with Crippen molar-refractivity contribution in [1.82, 2.24) is 25.1 Å². The van der Waals surface area contributed by atoms with Gasteiger partial charge in [0.2, 0.25) is 0 Å². The van der Waals surface area contributed by atoms with E-state index in [1.54, 1.807) is 17.7 Å². The summed E-state index contributed by atoms with van der Waals surface area (Å²) in [7, 11) is 0. The van der Waals surface area contributed by atoms with Crippen molar-refractivity contribution in [2.45, 2.75) is 19.9 Å². The van der Waals surface area contributed by atoms with E-state index in [1.807, 2.05) is 0 Å². The summed E-state index contributed by atoms with van der Waals surface area (Å²) in [5, 5.41) is 10.9. The van der Waals surface area contributed by atoms with Crippen LogP contribution in [-0.4, -0.2) is 57.3 Å². The summed E-state index contributed by atoms with van der Waals surface area (Å²) >= 11 is 1.75. The summed E-state index contributed by atoms with van der Waals surface area (Å²) < 4.78 is 0. The maximum Gasteiger partial charge on any atom is 0.132 e. The third-order valence-electron chi connectivity index (χ3n) is 5.63. The molecule has 1 aromatic carbocycles. The van der Waals surface area contributed by atoms with E-state index >= 15 is 0 Å². The topological polar surface area (TPSA) is 60.9 Å². The predicted molar refractivity (Wildman–Crippen MR) is 119 cm³/mol. The summed E-state index contributed by atoms with van der Waals surface area (Å²) in [5.41, 5.74) is 3.96. The minimum atomic E-state index is 0.589. The first-order valence-corrected chi connectivity index (χ1v) is 10.9. The van der Waals surface area contributed by atoms with Crippen molar-refractivity contribution in [3.63, 3.8) is 0 Å². The second-order valence-corrected chi connectivity index (χ2v) is 8.64. The summed E-state index contributed by atoms with van der Waals surface area (Å²) in [5.74, 6) is 0.976. The molecule has 0 unspecified atom stereocenters. The largest absolute Gasteiger partial charge is 0.354 e. The second kappa shape index (κ2) is 7.57. The first-order chi connectivity index (χ1) is 14.2. The quantitative estimate of drug-likeness (QED) is 0.550. The molecule has 4 aromatic rings. The van der Waals surface area contributed by atoms with Crippen molar-refractivity contribution in [3.05, 3.63) is 48.1 Å². The van der Waals surface area contributed by atoms with E-state index in [1.165, 1.54) is 10.4 Å². The number of nitrogens with zero attached hydrogens (tertiary/aromatic N) is 5. The van der Waals surface area contributed by atoms with E-state index < -0.39 is 0 Å². The van der Waals surface area contributed by atoms with E-state index in [-0.39, 0.29) is 0 Å². The van der Waals surface area contributed by atoms with Crippen LogP contribution in [0.4, 0.5) is 5.82 Å². The van der Waals surface area contributed by atoms with E-state index in [0.29, 0.717) is 6.04 Å². The van der Waals surface area contributed by atoms with Gasteiger partial charge in [-0.2, -0.15) is 5.10 Å². The van der Waals surface area contributed by atoms with Crippen LogP contribution < -0.4 is 4.90 Å². The molecule has 1 saturated heterocycles. The first kappa shape index (κ1) is 18.3. The maximum atomic E-state index is 4.57. The van der Waals surface area contributed by atoms with Crippen LogP contribution in [0.5, 0.6) is 0 Å². The first-order valence-electron chi connectivity index (χ1n) is 10.0. The zero-order chi connectivity index (χ0) is 19.8. The average Bonchev–Trinajstić information content (AvgIpc) is 3.43. The molecule has 5 rings (SSSR count). The Balaban J connectivity index is 1.46. The molecule has 0 bridgehead atoms. The van der Waals surface area contributed by atoms with E-state index in [0.717, 1.165) is 54.3 Å². The molecule has 1 fully saturated rings. The molecule has 4 heterocycles. The molecule has 6 nitrogen and oxygen atoms in total. The molecule has 0 aliphatic carbocycles. The van der Waals surface area contributed by atoms with Crippen molar-refractivity contribution in [3.8, 4) is 21.8 Å². The van der Waals surface area contributed by atoms with Crippen LogP contribution in [0.25, 0.3) is 32.7 Å². The average molecular weight is 405 g/mol. The van der Waals surface area contributed by atoms with Gasteiger partial charge in [-0.3, -0.25) is 10.00 Å². The maximum absolute atomic E-state index is 4.57. The van der Waals surface area contributed by atoms with Crippen molar-refractivity contribution in [2.24, 2.45) is 0 Å². The Hall–Kier alpha value is -2.77. The molecule has 0 saturated carbocycles. The molecule has 0 spiro atoms. The smallest absolute Gasteiger partial charge is 0.132 e. The SMILES string of the molecule is CC(C)N1CCN(c2cc(-c3n[nH]c4ccc(-c5cccs5)cc34)ncn2)CC1. The summed E-state index contributed by atoms with van der Waals surface area (Å²) in [6.45, 7) is 8.60. The van der Waals surface area contributed by atoms with Crippen molar-refractivity contribution >= 4 is 28.1 Å². The standard InChI is InChI=1S/C22H24N6S/c1-15(2)27-7-9-28(10-8-27)21-13-19(23-14-24-21)22-17-12-16(20-4-3-11-29-20)5-6-18(17)25-26-22/h3-6,11-15H,7-10H2,1-2H3,(H,25,26). The number of piperazine rings is 1. The highest BCUT2D eigenvalue weighted by molar-refractivity contribution is 7.13. The summed E-state index contributed by atoms with van der Waals surface area (Å²) in [4.78, 5) is 15.2. The number of aromatic amines is 1.